The van der Waals surface area contributed by atoms with E-state index in [0.717, 1.165) is 38.5 Å². The lowest BCUT2D eigenvalue weighted by Gasteiger charge is -1.99. The van der Waals surface area contributed by atoms with Crippen LogP contribution in [-0.2, 0) is 11.2 Å². The van der Waals surface area contributed by atoms with E-state index in [0.29, 0.717) is 6.42 Å². The highest BCUT2D eigenvalue weighted by molar-refractivity contribution is 5.73. The standard InChI is InChI=1S/C25H36N2O/c26-25(28)22-17-15-13-11-9-7-5-3-1-2-4-6-8-10-12-14-16-20-24-21-18-19-23-27-24/h1-2,5-8,11,13,18-19,21,23H,3-4,9-10,12,14-17,20,22H2,(H2,26,28)/b2-1-,7-5-,8-6-,13-11-. The van der Waals surface area contributed by atoms with Crippen LogP contribution in [0.2, 0.25) is 0 Å². The van der Waals surface area contributed by atoms with E-state index >= 15 is 0 Å². The number of pyridine rings is 1. The lowest BCUT2D eigenvalue weighted by Crippen LogP contribution is -2.09. The molecule has 0 aliphatic rings. The van der Waals surface area contributed by atoms with Crippen LogP contribution in [-0.4, -0.2) is 10.9 Å². The summed E-state index contributed by atoms with van der Waals surface area (Å²) in [6.45, 7) is 0. The lowest BCUT2D eigenvalue weighted by molar-refractivity contribution is -0.118. The van der Waals surface area contributed by atoms with E-state index in [1.807, 2.05) is 12.3 Å². The Balaban J connectivity index is 1.89. The third-order valence-corrected chi connectivity index (χ3v) is 4.31. The number of aryl methyl sites for hydroxylation is 1. The highest BCUT2D eigenvalue weighted by atomic mass is 16.1. The SMILES string of the molecule is NC(=O)CCC/C=C\C/C=C\C/C=C\C/C=C\CCCCCc1ccccn1. The molecule has 0 saturated heterocycles. The van der Waals surface area contributed by atoms with E-state index < -0.39 is 0 Å². The molecule has 0 unspecified atom stereocenters. The number of carbonyl (C=O) groups excluding carboxylic acids is 1. The first-order valence-corrected chi connectivity index (χ1v) is 10.6. The maximum atomic E-state index is 10.6. The molecule has 1 rings (SSSR count). The number of allylic oxidation sites excluding steroid dienone is 8. The van der Waals surface area contributed by atoms with Crippen molar-refractivity contribution in [3.05, 3.63) is 78.7 Å². The molecule has 1 heterocycles. The van der Waals surface area contributed by atoms with Gasteiger partial charge in [-0.2, -0.15) is 0 Å². The Morgan fingerprint density at radius 2 is 1.39 bits per heavy atom. The second kappa shape index (κ2) is 18.0. The van der Waals surface area contributed by atoms with Crippen molar-refractivity contribution >= 4 is 5.91 Å². The first-order valence-electron chi connectivity index (χ1n) is 10.6. The van der Waals surface area contributed by atoms with E-state index in [2.05, 4.69) is 65.7 Å². The molecule has 152 valence electrons. The molecule has 28 heavy (non-hydrogen) atoms. The number of nitrogens with two attached hydrogens (primary N) is 1. The molecule has 0 saturated carbocycles. The molecule has 0 aliphatic heterocycles. The number of nitrogens with zero attached hydrogens (tertiary/aromatic N) is 1. The summed E-state index contributed by atoms with van der Waals surface area (Å²) in [4.78, 5) is 14.9. The van der Waals surface area contributed by atoms with Gasteiger partial charge in [-0.05, 0) is 69.9 Å². The number of aromatic nitrogens is 1. The van der Waals surface area contributed by atoms with Crippen LogP contribution in [0.5, 0.6) is 0 Å². The fourth-order valence-corrected chi connectivity index (χ4v) is 2.73. The Bertz CT molecular complexity index is 615. The Kier molecular flexibility index (Phi) is 15.2. The fraction of sp³-hybridized carbons (Fsp3) is 0.440. The first kappa shape index (κ1) is 23.6. The quantitative estimate of drug-likeness (QED) is 0.273. The van der Waals surface area contributed by atoms with Gasteiger partial charge in [-0.3, -0.25) is 9.78 Å². The van der Waals surface area contributed by atoms with Gasteiger partial charge in [0, 0.05) is 18.3 Å². The van der Waals surface area contributed by atoms with Crippen LogP contribution < -0.4 is 5.73 Å². The molecule has 0 bridgehead atoms. The highest BCUT2D eigenvalue weighted by Gasteiger charge is 1.93. The van der Waals surface area contributed by atoms with E-state index in [-0.39, 0.29) is 5.91 Å². The second-order valence-corrected chi connectivity index (χ2v) is 6.87. The molecule has 0 atom stereocenters. The Labute approximate surface area is 171 Å². The maximum Gasteiger partial charge on any atom is 0.217 e. The van der Waals surface area contributed by atoms with Gasteiger partial charge in [0.05, 0.1) is 0 Å². The van der Waals surface area contributed by atoms with Crippen LogP contribution in [0.3, 0.4) is 0 Å². The number of hydrogen-bond donors (Lipinski definition) is 1. The van der Waals surface area contributed by atoms with Crippen molar-refractivity contribution in [1.82, 2.24) is 4.98 Å². The minimum atomic E-state index is -0.216. The zero-order valence-electron chi connectivity index (χ0n) is 17.1. The second-order valence-electron chi connectivity index (χ2n) is 6.87. The normalized spacial score (nSPS) is 12.1. The minimum absolute atomic E-state index is 0.216. The fourth-order valence-electron chi connectivity index (χ4n) is 2.73. The van der Waals surface area contributed by atoms with E-state index in [1.54, 1.807) is 0 Å². The van der Waals surface area contributed by atoms with Crippen LogP contribution in [0, 0.1) is 0 Å². The number of rotatable bonds is 16. The Morgan fingerprint density at radius 3 is 1.96 bits per heavy atom. The molecule has 0 aliphatic carbocycles. The first-order chi connectivity index (χ1) is 13.8. The number of hydrogen-bond acceptors (Lipinski definition) is 2. The van der Waals surface area contributed by atoms with Crippen molar-refractivity contribution in [1.29, 1.82) is 0 Å². The average molecular weight is 381 g/mol. The summed E-state index contributed by atoms with van der Waals surface area (Å²) in [6, 6.07) is 6.13. The molecule has 1 aromatic heterocycles. The Morgan fingerprint density at radius 1 is 0.786 bits per heavy atom. The molecule has 1 aromatic rings. The third kappa shape index (κ3) is 15.8. The van der Waals surface area contributed by atoms with Crippen molar-refractivity contribution in [2.45, 2.75) is 70.6 Å². The number of carbonyl (C=O) groups is 1. The third-order valence-electron chi connectivity index (χ3n) is 4.31. The van der Waals surface area contributed by atoms with E-state index in [4.69, 9.17) is 5.73 Å². The van der Waals surface area contributed by atoms with Gasteiger partial charge in [-0.15, -0.1) is 0 Å². The summed E-state index contributed by atoms with van der Waals surface area (Å²) in [5.74, 6) is -0.216. The predicted octanol–water partition coefficient (Wildman–Crippen LogP) is 6.24. The van der Waals surface area contributed by atoms with Crippen LogP contribution in [0.4, 0.5) is 0 Å². The highest BCUT2D eigenvalue weighted by Crippen LogP contribution is 2.06. The maximum absolute atomic E-state index is 10.6. The van der Waals surface area contributed by atoms with Crippen molar-refractivity contribution in [3.8, 4) is 0 Å². The summed E-state index contributed by atoms with van der Waals surface area (Å²) in [7, 11) is 0. The number of unbranched alkanes of at least 4 members (excludes halogenated alkanes) is 4. The van der Waals surface area contributed by atoms with Crippen LogP contribution in [0.15, 0.2) is 73.0 Å². The molecule has 3 nitrogen and oxygen atoms in total. The lowest BCUT2D eigenvalue weighted by atomic mass is 10.1. The van der Waals surface area contributed by atoms with Gasteiger partial charge in [0.15, 0.2) is 0 Å². The van der Waals surface area contributed by atoms with Gasteiger partial charge in [0.2, 0.25) is 5.91 Å². The van der Waals surface area contributed by atoms with Gasteiger partial charge in [-0.1, -0.05) is 61.1 Å². The number of primary amides is 1. The molecule has 0 radical (unpaired) electrons. The van der Waals surface area contributed by atoms with E-state index in [1.165, 1.54) is 31.4 Å². The summed E-state index contributed by atoms with van der Waals surface area (Å²) in [5.41, 5.74) is 6.30. The van der Waals surface area contributed by atoms with Crippen molar-refractivity contribution in [2.24, 2.45) is 5.73 Å². The molecule has 1 amide bonds. The monoisotopic (exact) mass is 380 g/mol. The van der Waals surface area contributed by atoms with Crippen LogP contribution in [0.25, 0.3) is 0 Å². The Hall–Kier alpha value is -2.42. The summed E-state index contributed by atoms with van der Waals surface area (Å²) in [6.07, 6.45) is 30.7. The molecular weight excluding hydrogens is 344 g/mol. The summed E-state index contributed by atoms with van der Waals surface area (Å²) in [5, 5.41) is 0. The van der Waals surface area contributed by atoms with Crippen molar-refractivity contribution in [3.63, 3.8) is 0 Å². The molecule has 0 aromatic carbocycles. The average Bonchev–Trinajstić information content (AvgIpc) is 2.70. The van der Waals surface area contributed by atoms with Gasteiger partial charge in [0.1, 0.15) is 0 Å². The van der Waals surface area contributed by atoms with Gasteiger partial charge < -0.3 is 5.73 Å². The molecular formula is C25H36N2O. The molecule has 0 fully saturated rings. The predicted molar refractivity (Wildman–Crippen MR) is 120 cm³/mol. The van der Waals surface area contributed by atoms with Gasteiger partial charge in [0.25, 0.3) is 0 Å². The van der Waals surface area contributed by atoms with Crippen molar-refractivity contribution < 1.29 is 4.79 Å². The van der Waals surface area contributed by atoms with Crippen LogP contribution >= 0.6 is 0 Å². The molecule has 0 spiro atoms. The largest absolute Gasteiger partial charge is 0.370 e. The minimum Gasteiger partial charge on any atom is -0.370 e. The van der Waals surface area contributed by atoms with Gasteiger partial charge in [-0.25, -0.2) is 0 Å². The zero-order chi connectivity index (χ0) is 20.1. The van der Waals surface area contributed by atoms with E-state index in [9.17, 15) is 4.79 Å². The number of amides is 1. The molecule has 3 heteroatoms. The van der Waals surface area contributed by atoms with Gasteiger partial charge >= 0.3 is 0 Å². The zero-order valence-corrected chi connectivity index (χ0v) is 17.1. The van der Waals surface area contributed by atoms with Crippen molar-refractivity contribution in [2.75, 3.05) is 0 Å². The topological polar surface area (TPSA) is 56.0 Å². The van der Waals surface area contributed by atoms with Crippen LogP contribution in [0.1, 0.15) is 69.9 Å². The molecule has 2 N–H and O–H groups in total. The summed E-state index contributed by atoms with van der Waals surface area (Å²) >= 11 is 0. The smallest absolute Gasteiger partial charge is 0.217 e. The summed E-state index contributed by atoms with van der Waals surface area (Å²) < 4.78 is 0.